The molecule has 0 aliphatic rings. The van der Waals surface area contributed by atoms with Gasteiger partial charge in [0.15, 0.2) is 11.5 Å². The summed E-state index contributed by atoms with van der Waals surface area (Å²) in [4.78, 5) is 16.5. The Morgan fingerprint density at radius 3 is 2.57 bits per heavy atom. The van der Waals surface area contributed by atoms with Gasteiger partial charge in [0.2, 0.25) is 5.82 Å². The van der Waals surface area contributed by atoms with Gasteiger partial charge < -0.3 is 24.4 Å². The molecule has 8 heteroatoms. The van der Waals surface area contributed by atoms with E-state index in [1.165, 1.54) is 7.11 Å². The molecule has 0 unspecified atom stereocenters. The number of rotatable bonds is 8. The van der Waals surface area contributed by atoms with E-state index in [9.17, 15) is 9.90 Å². The van der Waals surface area contributed by atoms with Crippen LogP contribution in [-0.4, -0.2) is 48.0 Å². The normalized spacial score (nSPS) is 11.7. The van der Waals surface area contributed by atoms with Crippen LogP contribution in [0.15, 0.2) is 53.1 Å². The summed E-state index contributed by atoms with van der Waals surface area (Å²) in [7, 11) is 3.07. The third-order valence-electron chi connectivity index (χ3n) is 4.14. The highest BCUT2D eigenvalue weighted by Crippen LogP contribution is 2.31. The van der Waals surface area contributed by atoms with Crippen molar-refractivity contribution in [1.82, 2.24) is 15.5 Å². The van der Waals surface area contributed by atoms with Crippen molar-refractivity contribution >= 4 is 5.91 Å². The van der Waals surface area contributed by atoms with Crippen LogP contribution in [0.25, 0.3) is 11.4 Å². The Balaban J connectivity index is 1.71. The molecular weight excluding hydrogens is 362 g/mol. The van der Waals surface area contributed by atoms with Gasteiger partial charge in [0.25, 0.3) is 0 Å². The molecule has 0 saturated carbocycles. The van der Waals surface area contributed by atoms with E-state index in [-0.39, 0.29) is 18.3 Å². The van der Waals surface area contributed by atoms with Crippen molar-refractivity contribution in [3.8, 4) is 22.9 Å². The third-order valence-corrected chi connectivity index (χ3v) is 4.14. The largest absolute Gasteiger partial charge is 0.493 e. The minimum absolute atomic E-state index is 0.184. The molecule has 3 rings (SSSR count). The number of carbonyl (C=O) groups is 1. The van der Waals surface area contributed by atoms with Crippen molar-refractivity contribution in [2.75, 3.05) is 20.8 Å². The molecule has 3 aromatic rings. The predicted octanol–water partition coefficient (Wildman–Crippen LogP) is 2.09. The van der Waals surface area contributed by atoms with Crippen molar-refractivity contribution in [2.45, 2.75) is 12.5 Å². The lowest BCUT2D eigenvalue weighted by molar-refractivity contribution is 0.0872. The first-order valence-electron chi connectivity index (χ1n) is 8.66. The van der Waals surface area contributed by atoms with Crippen molar-refractivity contribution in [2.24, 2.45) is 0 Å². The zero-order valence-electron chi connectivity index (χ0n) is 15.6. The van der Waals surface area contributed by atoms with Gasteiger partial charge in [-0.25, -0.2) is 0 Å². The molecule has 8 nitrogen and oxygen atoms in total. The van der Waals surface area contributed by atoms with Crippen molar-refractivity contribution in [3.05, 3.63) is 60.0 Å². The standard InChI is InChI=1S/C20H21N3O5/c1-26-16-9-8-14(11-17(16)27-2)18-22-20(28-23-18)19(25)21-15(12-24)10-13-6-4-3-5-7-13/h3-9,11,15,24H,10,12H2,1-2H3,(H,21,25)/t15-/m1/s1. The van der Waals surface area contributed by atoms with Gasteiger partial charge in [-0.1, -0.05) is 35.5 Å². The lowest BCUT2D eigenvalue weighted by Gasteiger charge is -2.14. The van der Waals surface area contributed by atoms with Crippen molar-refractivity contribution in [3.63, 3.8) is 0 Å². The van der Waals surface area contributed by atoms with Crippen LogP contribution in [0.3, 0.4) is 0 Å². The number of nitrogens with one attached hydrogen (secondary N) is 1. The lowest BCUT2D eigenvalue weighted by Crippen LogP contribution is -2.39. The minimum Gasteiger partial charge on any atom is -0.493 e. The highest BCUT2D eigenvalue weighted by molar-refractivity contribution is 5.90. The number of benzene rings is 2. The predicted molar refractivity (Wildman–Crippen MR) is 101 cm³/mol. The van der Waals surface area contributed by atoms with Gasteiger partial charge in [0.1, 0.15) is 0 Å². The second-order valence-corrected chi connectivity index (χ2v) is 6.04. The SMILES string of the molecule is COc1ccc(-c2noc(C(=O)N[C@@H](CO)Cc3ccccc3)n2)cc1OC. The van der Waals surface area contributed by atoms with E-state index in [1.54, 1.807) is 25.3 Å². The topological polar surface area (TPSA) is 107 Å². The number of carbonyl (C=O) groups excluding carboxylic acids is 1. The van der Waals surface area contributed by atoms with Crippen LogP contribution in [0.2, 0.25) is 0 Å². The van der Waals surface area contributed by atoms with E-state index in [4.69, 9.17) is 14.0 Å². The maximum Gasteiger partial charge on any atom is 0.316 e. The molecule has 0 spiro atoms. The summed E-state index contributed by atoms with van der Waals surface area (Å²) in [6.07, 6.45) is 0.486. The van der Waals surface area contributed by atoms with Crippen molar-refractivity contribution < 1.29 is 23.9 Å². The Bertz CT molecular complexity index is 927. The summed E-state index contributed by atoms with van der Waals surface area (Å²) in [6, 6.07) is 14.2. The van der Waals surface area contributed by atoms with Crippen LogP contribution in [0.4, 0.5) is 0 Å². The van der Waals surface area contributed by atoms with E-state index in [1.807, 2.05) is 30.3 Å². The number of aliphatic hydroxyl groups excluding tert-OH is 1. The second kappa shape index (κ2) is 9.01. The van der Waals surface area contributed by atoms with Crippen molar-refractivity contribution in [1.29, 1.82) is 0 Å². The number of amides is 1. The van der Waals surface area contributed by atoms with E-state index < -0.39 is 11.9 Å². The van der Waals surface area contributed by atoms with Crippen LogP contribution in [0, 0.1) is 0 Å². The Kier molecular flexibility index (Phi) is 6.23. The molecule has 0 aliphatic heterocycles. The second-order valence-electron chi connectivity index (χ2n) is 6.04. The minimum atomic E-state index is -0.547. The summed E-state index contributed by atoms with van der Waals surface area (Å²) in [5.74, 6) is 0.596. The number of aromatic nitrogens is 2. The fourth-order valence-corrected chi connectivity index (χ4v) is 2.72. The monoisotopic (exact) mass is 383 g/mol. The molecule has 0 fully saturated rings. The highest BCUT2D eigenvalue weighted by atomic mass is 16.5. The number of ether oxygens (including phenoxy) is 2. The van der Waals surface area contributed by atoms with Gasteiger partial charge in [-0.3, -0.25) is 4.79 Å². The van der Waals surface area contributed by atoms with Crippen LogP contribution < -0.4 is 14.8 Å². The van der Waals surface area contributed by atoms with Gasteiger partial charge in [0.05, 0.1) is 26.9 Å². The van der Waals surface area contributed by atoms with E-state index >= 15 is 0 Å². The average Bonchev–Trinajstić information content (AvgIpc) is 3.24. The van der Waals surface area contributed by atoms with E-state index in [0.29, 0.717) is 23.5 Å². The average molecular weight is 383 g/mol. The summed E-state index contributed by atoms with van der Waals surface area (Å²) in [6.45, 7) is -0.211. The molecular formula is C20H21N3O5. The van der Waals surface area contributed by atoms with Gasteiger partial charge >= 0.3 is 11.8 Å². The quantitative estimate of drug-likeness (QED) is 0.613. The first-order chi connectivity index (χ1) is 13.6. The van der Waals surface area contributed by atoms with E-state index in [0.717, 1.165) is 5.56 Å². The number of aliphatic hydroxyl groups is 1. The molecule has 146 valence electrons. The van der Waals surface area contributed by atoms with E-state index in [2.05, 4.69) is 15.5 Å². The maximum atomic E-state index is 12.4. The summed E-state index contributed by atoms with van der Waals surface area (Å²) in [5, 5.41) is 16.1. The molecule has 0 radical (unpaired) electrons. The summed E-state index contributed by atoms with van der Waals surface area (Å²) >= 11 is 0. The lowest BCUT2D eigenvalue weighted by atomic mass is 10.1. The van der Waals surface area contributed by atoms with Crippen LogP contribution in [-0.2, 0) is 6.42 Å². The van der Waals surface area contributed by atoms with Crippen LogP contribution in [0.5, 0.6) is 11.5 Å². The number of hydrogen-bond acceptors (Lipinski definition) is 7. The van der Waals surface area contributed by atoms with Gasteiger partial charge in [-0.2, -0.15) is 4.98 Å². The summed E-state index contributed by atoms with van der Waals surface area (Å²) in [5.41, 5.74) is 1.61. The Morgan fingerprint density at radius 2 is 1.89 bits per heavy atom. The Morgan fingerprint density at radius 1 is 1.14 bits per heavy atom. The molecule has 1 aromatic heterocycles. The third kappa shape index (κ3) is 4.47. The highest BCUT2D eigenvalue weighted by Gasteiger charge is 2.20. The molecule has 0 aliphatic carbocycles. The molecule has 28 heavy (non-hydrogen) atoms. The first-order valence-corrected chi connectivity index (χ1v) is 8.66. The first kappa shape index (κ1) is 19.4. The molecule has 0 bridgehead atoms. The Labute approximate surface area is 162 Å². The Hall–Kier alpha value is -3.39. The number of nitrogens with zero attached hydrogens (tertiary/aromatic N) is 2. The molecule has 1 heterocycles. The zero-order chi connectivity index (χ0) is 19.9. The van der Waals surface area contributed by atoms with Gasteiger partial charge in [-0.05, 0) is 30.2 Å². The molecule has 0 saturated heterocycles. The fourth-order valence-electron chi connectivity index (χ4n) is 2.72. The fraction of sp³-hybridized carbons (Fsp3) is 0.250. The zero-order valence-corrected chi connectivity index (χ0v) is 15.6. The smallest absolute Gasteiger partial charge is 0.316 e. The molecule has 2 aromatic carbocycles. The van der Waals surface area contributed by atoms with Crippen LogP contribution in [0.1, 0.15) is 16.2 Å². The van der Waals surface area contributed by atoms with Crippen LogP contribution >= 0.6 is 0 Å². The molecule has 1 atom stereocenters. The molecule has 2 N–H and O–H groups in total. The number of hydrogen-bond donors (Lipinski definition) is 2. The number of methoxy groups -OCH3 is 2. The van der Waals surface area contributed by atoms with Gasteiger partial charge in [0, 0.05) is 5.56 Å². The molecule has 1 amide bonds. The maximum absolute atomic E-state index is 12.4. The summed E-state index contributed by atoms with van der Waals surface area (Å²) < 4.78 is 15.5. The van der Waals surface area contributed by atoms with Gasteiger partial charge in [-0.15, -0.1) is 0 Å².